The van der Waals surface area contributed by atoms with Gasteiger partial charge in [-0.2, -0.15) is 0 Å². The molecule has 5 nitrogen and oxygen atoms in total. The van der Waals surface area contributed by atoms with Crippen LogP contribution < -0.4 is 10.2 Å². The molecule has 1 heterocycles. The number of hydrogen-bond donors (Lipinski definition) is 1. The Hall–Kier alpha value is -3.34. The number of likely N-dealkylation sites (N-methyl/N-ethyl adjacent to an activating group) is 1. The van der Waals surface area contributed by atoms with Crippen LogP contribution in [0.3, 0.4) is 0 Å². The quantitative estimate of drug-likeness (QED) is 0.781. The molecular weight excluding hydrogens is 338 g/mol. The molecule has 0 aliphatic carbocycles. The molecule has 3 aromatic carbocycles. The van der Waals surface area contributed by atoms with Crippen LogP contribution in [0.15, 0.2) is 66.7 Å². The van der Waals surface area contributed by atoms with Gasteiger partial charge < -0.3 is 15.1 Å². The Kier molecular flexibility index (Phi) is 4.28. The summed E-state index contributed by atoms with van der Waals surface area (Å²) in [5.41, 5.74) is 2.37. The summed E-state index contributed by atoms with van der Waals surface area (Å²) in [6.45, 7) is 0.169. The Bertz CT molecular complexity index is 1030. The molecule has 4 rings (SSSR count). The Morgan fingerprint density at radius 2 is 1.70 bits per heavy atom. The molecule has 1 atom stereocenters. The van der Waals surface area contributed by atoms with Gasteiger partial charge in [-0.25, -0.2) is 0 Å². The van der Waals surface area contributed by atoms with Crippen LogP contribution in [-0.2, 0) is 4.79 Å². The Morgan fingerprint density at radius 1 is 1.00 bits per heavy atom. The van der Waals surface area contributed by atoms with Gasteiger partial charge in [-0.1, -0.05) is 48.5 Å². The fourth-order valence-corrected chi connectivity index (χ4v) is 3.72. The molecule has 1 unspecified atom stereocenters. The lowest BCUT2D eigenvalue weighted by Crippen LogP contribution is -2.50. The highest BCUT2D eigenvalue weighted by molar-refractivity contribution is 6.02. The average Bonchev–Trinajstić information content (AvgIpc) is 2.71. The number of fused-ring (bicyclic) bond motifs is 2. The number of nitrogens with zero attached hydrogens (tertiary/aromatic N) is 2. The summed E-state index contributed by atoms with van der Waals surface area (Å²) in [4.78, 5) is 28.9. The van der Waals surface area contributed by atoms with Crippen LogP contribution in [0.5, 0.6) is 0 Å². The van der Waals surface area contributed by atoms with E-state index in [-0.39, 0.29) is 24.5 Å². The second-order valence-electron chi connectivity index (χ2n) is 6.71. The molecule has 0 spiro atoms. The van der Waals surface area contributed by atoms with Crippen molar-refractivity contribution >= 4 is 28.3 Å². The van der Waals surface area contributed by atoms with Gasteiger partial charge in [0.15, 0.2) is 0 Å². The number of amides is 2. The summed E-state index contributed by atoms with van der Waals surface area (Å²) in [6, 6.07) is 21.8. The van der Waals surface area contributed by atoms with E-state index in [4.69, 9.17) is 0 Å². The van der Waals surface area contributed by atoms with Crippen molar-refractivity contribution in [3.63, 3.8) is 0 Å². The van der Waals surface area contributed by atoms with Gasteiger partial charge >= 0.3 is 0 Å². The standard InChI is InChI=1S/C22H21N3O2/c1-23-20(26)14-25-19-10-6-5-9-18(19)22(27)24(2)21(25)17-12-11-15-7-3-4-8-16(15)13-17/h3-13,21H,14H2,1-2H3,(H,23,26). The van der Waals surface area contributed by atoms with Crippen LogP contribution in [0.2, 0.25) is 0 Å². The van der Waals surface area contributed by atoms with Crippen molar-refractivity contribution in [1.82, 2.24) is 10.2 Å². The Morgan fingerprint density at radius 3 is 2.48 bits per heavy atom. The number of benzene rings is 3. The second kappa shape index (κ2) is 6.76. The zero-order valence-electron chi connectivity index (χ0n) is 15.3. The maximum atomic E-state index is 13.0. The van der Waals surface area contributed by atoms with Crippen molar-refractivity contribution < 1.29 is 9.59 Å². The van der Waals surface area contributed by atoms with E-state index in [0.717, 1.165) is 22.0 Å². The molecule has 0 fully saturated rings. The van der Waals surface area contributed by atoms with Gasteiger partial charge in [-0.3, -0.25) is 9.59 Å². The van der Waals surface area contributed by atoms with Crippen molar-refractivity contribution in [1.29, 1.82) is 0 Å². The van der Waals surface area contributed by atoms with E-state index in [2.05, 4.69) is 29.6 Å². The van der Waals surface area contributed by atoms with Gasteiger partial charge in [-0.05, 0) is 34.5 Å². The van der Waals surface area contributed by atoms with Crippen molar-refractivity contribution in [3.8, 4) is 0 Å². The van der Waals surface area contributed by atoms with Crippen LogP contribution in [0.1, 0.15) is 22.1 Å². The molecule has 1 aliphatic heterocycles. The molecule has 27 heavy (non-hydrogen) atoms. The Labute approximate surface area is 158 Å². The highest BCUT2D eigenvalue weighted by atomic mass is 16.2. The van der Waals surface area contributed by atoms with Gasteiger partial charge in [0.25, 0.3) is 5.91 Å². The summed E-state index contributed by atoms with van der Waals surface area (Å²) in [5, 5.41) is 4.94. The van der Waals surface area contributed by atoms with Gasteiger partial charge in [0.05, 0.1) is 17.8 Å². The number of anilines is 1. The summed E-state index contributed by atoms with van der Waals surface area (Å²) in [6.07, 6.45) is -0.352. The molecule has 0 saturated heterocycles. The lowest BCUT2D eigenvalue weighted by Gasteiger charge is -2.44. The molecular formula is C22H21N3O2. The van der Waals surface area contributed by atoms with Crippen LogP contribution >= 0.6 is 0 Å². The lowest BCUT2D eigenvalue weighted by molar-refractivity contribution is -0.119. The number of carbonyl (C=O) groups excluding carboxylic acids is 2. The van der Waals surface area contributed by atoms with Crippen molar-refractivity contribution in [2.45, 2.75) is 6.17 Å². The molecule has 136 valence electrons. The van der Waals surface area contributed by atoms with Crippen molar-refractivity contribution in [2.75, 3.05) is 25.5 Å². The van der Waals surface area contributed by atoms with Crippen molar-refractivity contribution in [2.24, 2.45) is 0 Å². The third-order valence-electron chi connectivity index (χ3n) is 5.09. The predicted octanol–water partition coefficient (Wildman–Crippen LogP) is 3.18. The first-order valence-electron chi connectivity index (χ1n) is 8.92. The highest BCUT2D eigenvalue weighted by Gasteiger charge is 2.37. The van der Waals surface area contributed by atoms with E-state index in [0.29, 0.717) is 5.56 Å². The first-order chi connectivity index (χ1) is 13.1. The molecule has 5 heteroatoms. The fourth-order valence-electron chi connectivity index (χ4n) is 3.72. The predicted molar refractivity (Wildman–Crippen MR) is 107 cm³/mol. The number of hydrogen-bond acceptors (Lipinski definition) is 3. The number of carbonyl (C=O) groups is 2. The number of nitrogens with one attached hydrogen (secondary N) is 1. The van der Waals surface area contributed by atoms with Gasteiger partial charge in [0.2, 0.25) is 5.91 Å². The summed E-state index contributed by atoms with van der Waals surface area (Å²) in [5.74, 6) is -0.143. The van der Waals surface area contributed by atoms with E-state index < -0.39 is 0 Å². The zero-order chi connectivity index (χ0) is 19.0. The molecule has 1 N–H and O–H groups in total. The van der Waals surface area contributed by atoms with Crippen LogP contribution in [-0.4, -0.2) is 37.4 Å². The maximum absolute atomic E-state index is 13.0. The first kappa shape index (κ1) is 17.1. The smallest absolute Gasteiger partial charge is 0.257 e. The largest absolute Gasteiger partial charge is 0.358 e. The van der Waals surface area contributed by atoms with Crippen LogP contribution in [0, 0.1) is 0 Å². The summed E-state index contributed by atoms with van der Waals surface area (Å²) in [7, 11) is 3.41. The van der Waals surface area contributed by atoms with Gasteiger partial charge in [0.1, 0.15) is 6.17 Å². The third-order valence-corrected chi connectivity index (χ3v) is 5.09. The molecule has 0 aromatic heterocycles. The van der Waals surface area contributed by atoms with Crippen molar-refractivity contribution in [3.05, 3.63) is 77.9 Å². The first-order valence-corrected chi connectivity index (χ1v) is 8.92. The fraction of sp³-hybridized carbons (Fsp3) is 0.182. The number of rotatable bonds is 3. The Balaban J connectivity index is 1.87. The van der Waals surface area contributed by atoms with E-state index in [1.807, 2.05) is 47.4 Å². The zero-order valence-corrected chi connectivity index (χ0v) is 15.3. The lowest BCUT2D eigenvalue weighted by atomic mass is 9.99. The molecule has 0 radical (unpaired) electrons. The van der Waals surface area contributed by atoms with Gasteiger partial charge in [0, 0.05) is 14.1 Å². The van der Waals surface area contributed by atoms with Crippen LogP contribution in [0.25, 0.3) is 10.8 Å². The minimum absolute atomic E-state index is 0.0445. The summed E-state index contributed by atoms with van der Waals surface area (Å²) >= 11 is 0. The average molecular weight is 359 g/mol. The normalized spacial score (nSPS) is 16.4. The monoisotopic (exact) mass is 359 g/mol. The van der Waals surface area contributed by atoms with E-state index in [1.165, 1.54) is 0 Å². The highest BCUT2D eigenvalue weighted by Crippen LogP contribution is 2.38. The minimum atomic E-state index is -0.352. The third kappa shape index (κ3) is 2.91. The molecule has 1 aliphatic rings. The summed E-state index contributed by atoms with van der Waals surface area (Å²) < 4.78 is 0. The SMILES string of the molecule is CNC(=O)CN1c2ccccc2C(=O)N(C)C1c1ccc2ccccc2c1. The minimum Gasteiger partial charge on any atom is -0.358 e. The van der Waals surface area contributed by atoms with E-state index >= 15 is 0 Å². The van der Waals surface area contributed by atoms with Gasteiger partial charge in [-0.15, -0.1) is 0 Å². The van der Waals surface area contributed by atoms with E-state index in [1.54, 1.807) is 19.0 Å². The van der Waals surface area contributed by atoms with E-state index in [9.17, 15) is 9.59 Å². The molecule has 0 saturated carbocycles. The molecule has 0 bridgehead atoms. The maximum Gasteiger partial charge on any atom is 0.257 e. The molecule has 2 amide bonds. The molecule has 3 aromatic rings. The van der Waals surface area contributed by atoms with Crippen LogP contribution in [0.4, 0.5) is 5.69 Å². The number of para-hydroxylation sites is 1. The second-order valence-corrected chi connectivity index (χ2v) is 6.71. The topological polar surface area (TPSA) is 52.7 Å².